The summed E-state index contributed by atoms with van der Waals surface area (Å²) in [4.78, 5) is 29.2. The first kappa shape index (κ1) is 21.8. The number of amides is 2. The summed E-state index contributed by atoms with van der Waals surface area (Å²) >= 11 is 0. The minimum absolute atomic E-state index is 0.128. The summed E-state index contributed by atoms with van der Waals surface area (Å²) in [7, 11) is 3.92. The van der Waals surface area contributed by atoms with Gasteiger partial charge in [-0.15, -0.1) is 0 Å². The lowest BCUT2D eigenvalue weighted by Gasteiger charge is -2.24. The standard InChI is InChI=1S/C24H31N3O3/c1-14(2)17-11-18(15(3)4)22-19(12-17)24(29)27(10-9-26(5)6)20-13-16(23(25)28)7-8-21(20)30-22/h7-8,11-15H,9-10H2,1-6H3,(H2,25,28). The third-order valence-corrected chi connectivity index (χ3v) is 5.42. The van der Waals surface area contributed by atoms with Crippen LogP contribution in [0.1, 0.15) is 71.4 Å². The zero-order chi connectivity index (χ0) is 22.2. The van der Waals surface area contributed by atoms with Gasteiger partial charge in [0.2, 0.25) is 5.91 Å². The molecule has 0 aromatic heterocycles. The first-order chi connectivity index (χ1) is 14.1. The molecule has 0 spiro atoms. The largest absolute Gasteiger partial charge is 0.454 e. The van der Waals surface area contributed by atoms with Gasteiger partial charge in [-0.3, -0.25) is 9.59 Å². The Morgan fingerprint density at radius 2 is 1.80 bits per heavy atom. The highest BCUT2D eigenvalue weighted by atomic mass is 16.5. The molecular formula is C24H31N3O3. The molecule has 2 aromatic rings. The van der Waals surface area contributed by atoms with Crippen LogP contribution in [0.25, 0.3) is 0 Å². The second kappa shape index (κ2) is 8.48. The van der Waals surface area contributed by atoms with Crippen molar-refractivity contribution in [3.63, 3.8) is 0 Å². The molecular weight excluding hydrogens is 378 g/mol. The fraction of sp³-hybridized carbons (Fsp3) is 0.417. The second-order valence-corrected chi connectivity index (χ2v) is 8.71. The van der Waals surface area contributed by atoms with Gasteiger partial charge in [-0.05, 0) is 61.3 Å². The first-order valence-electron chi connectivity index (χ1n) is 10.4. The van der Waals surface area contributed by atoms with Crippen LogP contribution in [-0.4, -0.2) is 43.9 Å². The van der Waals surface area contributed by atoms with E-state index in [1.807, 2.05) is 25.1 Å². The summed E-state index contributed by atoms with van der Waals surface area (Å²) in [6.07, 6.45) is 0. The molecule has 0 saturated heterocycles. The molecule has 0 fully saturated rings. The molecule has 1 aliphatic rings. The number of ether oxygens (including phenoxy) is 1. The maximum atomic E-state index is 13.8. The molecule has 0 bridgehead atoms. The summed E-state index contributed by atoms with van der Waals surface area (Å²) < 4.78 is 6.34. The number of nitrogens with two attached hydrogens (primary N) is 1. The van der Waals surface area contributed by atoms with Crippen molar-refractivity contribution >= 4 is 17.5 Å². The predicted molar refractivity (Wildman–Crippen MR) is 120 cm³/mol. The van der Waals surface area contributed by atoms with Gasteiger partial charge in [0.15, 0.2) is 5.75 Å². The van der Waals surface area contributed by atoms with Crippen molar-refractivity contribution in [1.29, 1.82) is 0 Å². The van der Waals surface area contributed by atoms with E-state index < -0.39 is 5.91 Å². The Morgan fingerprint density at radius 3 is 2.37 bits per heavy atom. The Morgan fingerprint density at radius 1 is 1.10 bits per heavy atom. The van der Waals surface area contributed by atoms with E-state index in [0.717, 1.165) is 11.1 Å². The van der Waals surface area contributed by atoms with E-state index in [9.17, 15) is 9.59 Å². The second-order valence-electron chi connectivity index (χ2n) is 8.71. The molecule has 30 heavy (non-hydrogen) atoms. The predicted octanol–water partition coefficient (Wildman–Crippen LogP) is 4.35. The van der Waals surface area contributed by atoms with Crippen LogP contribution in [0.5, 0.6) is 11.5 Å². The molecule has 2 N–H and O–H groups in total. The van der Waals surface area contributed by atoms with E-state index in [0.29, 0.717) is 41.4 Å². The number of carbonyl (C=O) groups excluding carboxylic acids is 2. The molecule has 0 aliphatic carbocycles. The van der Waals surface area contributed by atoms with Crippen LogP contribution in [0, 0.1) is 0 Å². The van der Waals surface area contributed by atoms with Gasteiger partial charge in [0.1, 0.15) is 5.75 Å². The van der Waals surface area contributed by atoms with Crippen molar-refractivity contribution in [3.8, 4) is 11.5 Å². The van der Waals surface area contributed by atoms with E-state index in [1.54, 1.807) is 23.1 Å². The third-order valence-electron chi connectivity index (χ3n) is 5.42. The molecule has 2 amide bonds. The van der Waals surface area contributed by atoms with Crippen LogP contribution < -0.4 is 15.4 Å². The highest BCUT2D eigenvalue weighted by molar-refractivity contribution is 6.10. The van der Waals surface area contributed by atoms with Gasteiger partial charge in [-0.1, -0.05) is 33.8 Å². The summed E-state index contributed by atoms with van der Waals surface area (Å²) in [6.45, 7) is 9.56. The van der Waals surface area contributed by atoms with Crippen molar-refractivity contribution in [2.75, 3.05) is 32.1 Å². The van der Waals surface area contributed by atoms with Crippen LogP contribution >= 0.6 is 0 Å². The summed E-state index contributed by atoms with van der Waals surface area (Å²) in [5, 5.41) is 0. The van der Waals surface area contributed by atoms with E-state index in [4.69, 9.17) is 10.5 Å². The Kier molecular flexibility index (Phi) is 6.17. The van der Waals surface area contributed by atoms with Gasteiger partial charge in [-0.25, -0.2) is 0 Å². The highest BCUT2D eigenvalue weighted by Gasteiger charge is 2.31. The van der Waals surface area contributed by atoms with Crippen LogP contribution in [0.3, 0.4) is 0 Å². The number of likely N-dealkylation sites (N-methyl/N-ethyl adjacent to an activating group) is 1. The molecule has 0 saturated carbocycles. The fourth-order valence-electron chi connectivity index (χ4n) is 3.56. The molecule has 1 aliphatic heterocycles. The number of carbonyl (C=O) groups is 2. The lowest BCUT2D eigenvalue weighted by molar-refractivity contribution is 0.0979. The van der Waals surface area contributed by atoms with Crippen molar-refractivity contribution < 1.29 is 14.3 Å². The van der Waals surface area contributed by atoms with Gasteiger partial charge >= 0.3 is 0 Å². The Labute approximate surface area is 178 Å². The molecule has 1 heterocycles. The van der Waals surface area contributed by atoms with Crippen LogP contribution in [0.2, 0.25) is 0 Å². The first-order valence-corrected chi connectivity index (χ1v) is 10.4. The molecule has 2 aromatic carbocycles. The van der Waals surface area contributed by atoms with Crippen molar-refractivity contribution in [2.45, 2.75) is 39.5 Å². The number of fused-ring (bicyclic) bond motifs is 2. The molecule has 160 valence electrons. The molecule has 0 unspecified atom stereocenters. The van der Waals surface area contributed by atoms with Crippen molar-refractivity contribution in [3.05, 3.63) is 52.6 Å². The summed E-state index contributed by atoms with van der Waals surface area (Å²) in [5.41, 5.74) is 9.07. The number of benzene rings is 2. The number of anilines is 1. The lowest BCUT2D eigenvalue weighted by Crippen LogP contribution is -2.36. The molecule has 6 heteroatoms. The average Bonchev–Trinajstić information content (AvgIpc) is 2.78. The maximum Gasteiger partial charge on any atom is 0.262 e. The topological polar surface area (TPSA) is 75.9 Å². The van der Waals surface area contributed by atoms with Gasteiger partial charge in [0, 0.05) is 18.7 Å². The van der Waals surface area contributed by atoms with Gasteiger partial charge in [0.25, 0.3) is 5.91 Å². The minimum Gasteiger partial charge on any atom is -0.454 e. The number of nitrogens with zero attached hydrogens (tertiary/aromatic N) is 2. The van der Waals surface area contributed by atoms with E-state index in [1.165, 1.54) is 0 Å². The maximum absolute atomic E-state index is 13.8. The molecule has 0 atom stereocenters. The Bertz CT molecular complexity index is 980. The fourth-order valence-corrected chi connectivity index (χ4v) is 3.56. The SMILES string of the molecule is CC(C)c1cc2c(c(C(C)C)c1)Oc1ccc(C(N)=O)cc1N(CCN(C)C)C2=O. The normalized spacial score (nSPS) is 13.4. The number of rotatable bonds is 6. The number of hydrogen-bond acceptors (Lipinski definition) is 4. The average molecular weight is 410 g/mol. The van der Waals surface area contributed by atoms with Gasteiger partial charge < -0.3 is 20.3 Å². The zero-order valence-electron chi connectivity index (χ0n) is 18.7. The summed E-state index contributed by atoms with van der Waals surface area (Å²) in [6, 6.07) is 9.08. The monoisotopic (exact) mass is 409 g/mol. The van der Waals surface area contributed by atoms with Crippen LogP contribution in [0.15, 0.2) is 30.3 Å². The number of primary amides is 1. The minimum atomic E-state index is -0.537. The highest BCUT2D eigenvalue weighted by Crippen LogP contribution is 2.44. The van der Waals surface area contributed by atoms with E-state index in [2.05, 4.69) is 33.8 Å². The quantitative estimate of drug-likeness (QED) is 0.770. The van der Waals surface area contributed by atoms with Gasteiger partial charge in [-0.2, -0.15) is 0 Å². The van der Waals surface area contributed by atoms with Crippen molar-refractivity contribution in [2.24, 2.45) is 5.73 Å². The lowest BCUT2D eigenvalue weighted by atomic mass is 9.91. The molecule has 3 rings (SSSR count). The van der Waals surface area contributed by atoms with Crippen molar-refractivity contribution in [1.82, 2.24) is 4.90 Å². The van der Waals surface area contributed by atoms with E-state index in [-0.39, 0.29) is 17.7 Å². The molecule has 6 nitrogen and oxygen atoms in total. The summed E-state index contributed by atoms with van der Waals surface area (Å²) in [5.74, 6) is 0.945. The van der Waals surface area contributed by atoms with E-state index >= 15 is 0 Å². The Balaban J connectivity index is 2.25. The zero-order valence-corrected chi connectivity index (χ0v) is 18.7. The van der Waals surface area contributed by atoms with Crippen LogP contribution in [0.4, 0.5) is 5.69 Å². The third kappa shape index (κ3) is 4.19. The molecule has 0 radical (unpaired) electrons. The Hall–Kier alpha value is -2.86. The van der Waals surface area contributed by atoms with Crippen LogP contribution in [-0.2, 0) is 0 Å². The number of hydrogen-bond donors (Lipinski definition) is 1. The van der Waals surface area contributed by atoms with Gasteiger partial charge in [0.05, 0.1) is 11.3 Å². The smallest absolute Gasteiger partial charge is 0.262 e.